The van der Waals surface area contributed by atoms with Crippen LogP contribution in [0.1, 0.15) is 6.23 Å². The molecule has 1 saturated heterocycles. The lowest BCUT2D eigenvalue weighted by atomic mass is 9.96. The molecular weight excluding hydrogens is 616 g/mol. The number of hydrogen-bond acceptors (Lipinski definition) is 11. The van der Waals surface area contributed by atoms with Crippen molar-refractivity contribution in [2.24, 2.45) is 0 Å². The van der Waals surface area contributed by atoms with Crippen LogP contribution in [0.15, 0.2) is 59.5 Å². The van der Waals surface area contributed by atoms with Crippen LogP contribution in [-0.2, 0) is 21.1 Å². The van der Waals surface area contributed by atoms with Gasteiger partial charge in [0.05, 0.1) is 27.0 Å². The Balaban J connectivity index is 1.68. The number of methoxy groups -OCH3 is 2. The zero-order chi connectivity index (χ0) is 30.9. The van der Waals surface area contributed by atoms with Crippen molar-refractivity contribution in [2.45, 2.75) is 30.3 Å². The van der Waals surface area contributed by atoms with Crippen molar-refractivity contribution < 1.29 is 54.8 Å². The minimum absolute atomic E-state index is 0.0322. The maximum Gasteiger partial charge on any atom is 0.435 e. The average Bonchev–Trinajstić information content (AvgIpc) is 3.16. The Kier molecular flexibility index (Phi) is 8.99. The summed E-state index contributed by atoms with van der Waals surface area (Å²) in [7, 11) is 2.83. The summed E-state index contributed by atoms with van der Waals surface area (Å²) in [5, 5.41) is 10.5. The second-order valence-corrected chi connectivity index (χ2v) is 11.6. The lowest BCUT2D eigenvalue weighted by Crippen LogP contribution is -2.54. The number of benzene rings is 2. The number of aliphatic hydroxyl groups excluding tert-OH is 1. The van der Waals surface area contributed by atoms with Gasteiger partial charge in [-0.25, -0.2) is 18.0 Å². The van der Waals surface area contributed by atoms with Crippen LogP contribution < -0.4 is 29.9 Å². The van der Waals surface area contributed by atoms with Crippen LogP contribution in [0.2, 0.25) is 0 Å². The van der Waals surface area contributed by atoms with Crippen molar-refractivity contribution in [3.05, 3.63) is 71.0 Å². The van der Waals surface area contributed by atoms with Crippen LogP contribution in [0.5, 0.6) is 23.0 Å². The molecule has 0 radical (unpaired) electrons. The molecule has 0 spiro atoms. The molecular formula is C24H23F5N3O8PS. The Morgan fingerprint density at radius 1 is 1.05 bits per heavy atom. The summed E-state index contributed by atoms with van der Waals surface area (Å²) >= 11 is 5.41. The second kappa shape index (κ2) is 12.0. The molecule has 0 aliphatic carbocycles. The van der Waals surface area contributed by atoms with E-state index in [1.54, 1.807) is 0 Å². The predicted molar refractivity (Wildman–Crippen MR) is 140 cm³/mol. The molecule has 4 rings (SSSR count). The van der Waals surface area contributed by atoms with E-state index in [2.05, 4.69) is 4.98 Å². The van der Waals surface area contributed by atoms with E-state index in [-0.39, 0.29) is 22.3 Å². The number of aliphatic hydroxyl groups is 1. The van der Waals surface area contributed by atoms with Gasteiger partial charge in [-0.15, -0.1) is 0 Å². The predicted octanol–water partition coefficient (Wildman–Crippen LogP) is 3.91. The van der Waals surface area contributed by atoms with E-state index in [1.165, 1.54) is 62.8 Å². The molecule has 1 aromatic heterocycles. The summed E-state index contributed by atoms with van der Waals surface area (Å²) in [6, 6.07) is 11.5. The number of aromatic nitrogens is 2. The van der Waals surface area contributed by atoms with Crippen LogP contribution in [-0.4, -0.2) is 59.5 Å². The highest BCUT2D eigenvalue weighted by molar-refractivity contribution is 8.07. The number of nitrogens with zero attached hydrogens (tertiary/aromatic N) is 2. The molecule has 0 saturated carbocycles. The minimum Gasteiger partial charge on any atom is -0.497 e. The van der Waals surface area contributed by atoms with Gasteiger partial charge in [-0.05, 0) is 48.5 Å². The topological polar surface area (TPSA) is 137 Å². The van der Waals surface area contributed by atoms with Gasteiger partial charge in [0.15, 0.2) is 23.3 Å². The fraction of sp³-hybridized carbons (Fsp3) is 0.333. The maximum absolute atomic E-state index is 15.2. The third kappa shape index (κ3) is 6.15. The number of alkyl halides is 4. The molecule has 0 unspecified atom stereocenters. The third-order valence-corrected chi connectivity index (χ3v) is 8.12. The Bertz CT molecular complexity index is 1460. The van der Waals surface area contributed by atoms with Crippen LogP contribution in [0.4, 0.5) is 27.8 Å². The lowest BCUT2D eigenvalue weighted by Gasteiger charge is -2.32. The highest BCUT2D eigenvalue weighted by Crippen LogP contribution is 2.55. The number of ether oxygens (including phenoxy) is 3. The van der Waals surface area contributed by atoms with Gasteiger partial charge >= 0.3 is 18.3 Å². The van der Waals surface area contributed by atoms with Gasteiger partial charge < -0.3 is 34.1 Å². The van der Waals surface area contributed by atoms with Crippen LogP contribution in [0.25, 0.3) is 0 Å². The molecule has 1 fully saturated rings. The largest absolute Gasteiger partial charge is 0.497 e. The van der Waals surface area contributed by atoms with Crippen molar-refractivity contribution in [3.8, 4) is 23.0 Å². The van der Waals surface area contributed by atoms with Crippen LogP contribution in [0, 0.1) is 5.82 Å². The van der Waals surface area contributed by atoms with Crippen molar-refractivity contribution >= 4 is 24.3 Å². The Morgan fingerprint density at radius 3 is 1.98 bits per heavy atom. The summed E-state index contributed by atoms with van der Waals surface area (Å²) in [6.45, 7) is -5.72. The molecule has 3 N–H and O–H groups in total. The van der Waals surface area contributed by atoms with Gasteiger partial charge in [-0.1, -0.05) is 0 Å². The molecule has 2 heterocycles. The number of nitrogens with two attached hydrogens (primary N) is 1. The summed E-state index contributed by atoms with van der Waals surface area (Å²) < 4.78 is 105. The maximum atomic E-state index is 15.2. The molecule has 3 aromatic rings. The molecule has 1 aliphatic heterocycles. The van der Waals surface area contributed by atoms with Crippen LogP contribution in [0.3, 0.4) is 0 Å². The molecule has 0 amide bonds. The Labute approximate surface area is 239 Å². The smallest absolute Gasteiger partial charge is 0.435 e. The standard InChI is InChI=1S/C24H23F5N3O8PS/c1-35-13-3-7-15(8-4-13)39-41(42,40-16-9-5-14(36-2)6-10-16)37-12-23(20(26)27)19(33)24(28,29)21(38-23)32-11-17(25)18(30)31-22(32)34/h3-11,19-21,33H,12H2,1-2H3,(H2,30,31,34)/t19-,21-,23-/m1/s1. The first kappa shape index (κ1) is 31.4. The van der Waals surface area contributed by atoms with Gasteiger partial charge in [0.1, 0.15) is 23.0 Å². The highest BCUT2D eigenvalue weighted by atomic mass is 32.5. The molecule has 1 aliphatic rings. The van der Waals surface area contributed by atoms with E-state index in [4.69, 9.17) is 45.3 Å². The Hall–Kier alpha value is -3.50. The van der Waals surface area contributed by atoms with Crippen molar-refractivity contribution in [1.82, 2.24) is 9.55 Å². The fourth-order valence-electron chi connectivity index (χ4n) is 3.81. The fourth-order valence-corrected chi connectivity index (χ4v) is 5.75. The van der Waals surface area contributed by atoms with E-state index in [0.29, 0.717) is 11.5 Å². The quantitative estimate of drug-likeness (QED) is 0.234. The number of hydrogen-bond donors (Lipinski definition) is 2. The van der Waals surface area contributed by atoms with E-state index in [9.17, 15) is 23.1 Å². The first-order chi connectivity index (χ1) is 19.7. The van der Waals surface area contributed by atoms with Gasteiger partial charge in [-0.3, -0.25) is 9.09 Å². The van der Waals surface area contributed by atoms with Gasteiger partial charge in [-0.2, -0.15) is 13.8 Å². The molecule has 42 heavy (non-hydrogen) atoms. The minimum atomic E-state index is -4.58. The second-order valence-electron chi connectivity index (χ2n) is 8.72. The summed E-state index contributed by atoms with van der Waals surface area (Å²) in [5.41, 5.74) is 0.126. The first-order valence-corrected chi connectivity index (χ1v) is 14.3. The molecule has 0 bridgehead atoms. The number of nitrogen functional groups attached to an aromatic ring is 1. The molecule has 3 atom stereocenters. The van der Waals surface area contributed by atoms with Gasteiger partial charge in [0.25, 0.3) is 6.43 Å². The zero-order valence-corrected chi connectivity index (χ0v) is 23.4. The van der Waals surface area contributed by atoms with E-state index in [0.717, 1.165) is 0 Å². The molecule has 11 nitrogen and oxygen atoms in total. The first-order valence-electron chi connectivity index (χ1n) is 11.7. The lowest BCUT2D eigenvalue weighted by molar-refractivity contribution is -0.192. The molecule has 18 heteroatoms. The SMILES string of the molecule is COc1ccc(OP(=S)(OC[C@@]2(C(F)F)O[C@@H](n3cc(F)c(N)nc3=O)C(F)(F)[C@@H]2O)Oc2ccc(OC)cc2)cc1. The van der Waals surface area contributed by atoms with E-state index >= 15 is 8.78 Å². The molecule has 2 aromatic carbocycles. The van der Waals surface area contributed by atoms with Gasteiger partial charge in [0, 0.05) is 11.8 Å². The number of anilines is 1. The van der Waals surface area contributed by atoms with Crippen molar-refractivity contribution in [2.75, 3.05) is 26.6 Å². The highest BCUT2D eigenvalue weighted by Gasteiger charge is 2.71. The summed E-state index contributed by atoms with van der Waals surface area (Å²) in [5.74, 6) is -5.98. The van der Waals surface area contributed by atoms with Crippen molar-refractivity contribution in [3.63, 3.8) is 0 Å². The summed E-state index contributed by atoms with van der Waals surface area (Å²) in [4.78, 5) is 15.2. The van der Waals surface area contributed by atoms with Crippen molar-refractivity contribution in [1.29, 1.82) is 0 Å². The monoisotopic (exact) mass is 639 g/mol. The number of rotatable bonds is 11. The third-order valence-electron chi connectivity index (χ3n) is 6.05. The summed E-state index contributed by atoms with van der Waals surface area (Å²) in [6.07, 6.45) is -9.87. The number of halogens is 5. The zero-order valence-electron chi connectivity index (χ0n) is 21.7. The van der Waals surface area contributed by atoms with E-state index in [1.807, 2.05) is 0 Å². The Morgan fingerprint density at radius 2 is 1.52 bits per heavy atom. The van der Waals surface area contributed by atoms with E-state index < -0.39 is 60.9 Å². The normalized spacial score (nSPS) is 21.7. The van der Waals surface area contributed by atoms with Crippen LogP contribution >= 0.6 is 6.72 Å². The average molecular weight is 639 g/mol. The molecule has 228 valence electrons. The van der Waals surface area contributed by atoms with Gasteiger partial charge in [0.2, 0.25) is 6.23 Å².